The Kier molecular flexibility index (Phi) is 6.71. The largest absolute Gasteiger partial charge is 0.379 e. The molecule has 1 amide bonds. The lowest BCUT2D eigenvalue weighted by molar-refractivity contribution is -0.115. The van der Waals surface area contributed by atoms with Gasteiger partial charge in [-0.1, -0.05) is 36.4 Å². The molecule has 0 spiro atoms. The van der Waals surface area contributed by atoms with Crippen molar-refractivity contribution in [3.8, 4) is 10.6 Å². The smallest absolute Gasteiger partial charge is 0.230 e. The second-order valence-electron chi connectivity index (χ2n) is 6.93. The van der Waals surface area contributed by atoms with Gasteiger partial charge in [0, 0.05) is 35.1 Å². The van der Waals surface area contributed by atoms with Crippen LogP contribution in [0.25, 0.3) is 10.6 Å². The van der Waals surface area contributed by atoms with Crippen LogP contribution in [0.3, 0.4) is 0 Å². The monoisotopic (exact) mass is 471 g/mol. The van der Waals surface area contributed by atoms with Crippen molar-refractivity contribution < 1.29 is 9.53 Å². The van der Waals surface area contributed by atoms with Crippen LogP contribution in [-0.4, -0.2) is 42.1 Å². The summed E-state index contributed by atoms with van der Waals surface area (Å²) in [5.41, 5.74) is 3.93. The van der Waals surface area contributed by atoms with E-state index in [9.17, 15) is 4.79 Å². The molecule has 0 atom stereocenters. The number of morpholine rings is 1. The van der Waals surface area contributed by atoms with Crippen molar-refractivity contribution in [1.29, 1.82) is 0 Å². The average molecular weight is 472 g/mol. The first-order valence-electron chi connectivity index (χ1n) is 9.55. The standard InChI is InChI=1S/C22H22BrN3O2S/c23-19-3-1-2-4-20(19)25-21(27)13-18-15-29-22(24-18)17-7-5-16(6-8-17)14-26-9-11-28-12-10-26/h1-8,15H,9-14H2,(H,25,27). The van der Waals surface area contributed by atoms with Gasteiger partial charge >= 0.3 is 0 Å². The average Bonchev–Trinajstić information content (AvgIpc) is 3.19. The van der Waals surface area contributed by atoms with E-state index in [-0.39, 0.29) is 12.3 Å². The lowest BCUT2D eigenvalue weighted by atomic mass is 10.1. The number of anilines is 1. The Balaban J connectivity index is 1.35. The van der Waals surface area contributed by atoms with Crippen LogP contribution in [0.4, 0.5) is 5.69 Å². The topological polar surface area (TPSA) is 54.5 Å². The fraction of sp³-hybridized carbons (Fsp3) is 0.273. The summed E-state index contributed by atoms with van der Waals surface area (Å²) < 4.78 is 6.27. The summed E-state index contributed by atoms with van der Waals surface area (Å²) >= 11 is 5.01. The van der Waals surface area contributed by atoms with Crippen LogP contribution in [0.1, 0.15) is 11.3 Å². The van der Waals surface area contributed by atoms with Crippen molar-refractivity contribution in [2.24, 2.45) is 0 Å². The second-order valence-corrected chi connectivity index (χ2v) is 8.65. The molecule has 5 nitrogen and oxygen atoms in total. The quantitative estimate of drug-likeness (QED) is 0.571. The lowest BCUT2D eigenvalue weighted by Gasteiger charge is -2.26. The van der Waals surface area contributed by atoms with Crippen molar-refractivity contribution in [2.45, 2.75) is 13.0 Å². The first-order chi connectivity index (χ1) is 14.2. The SMILES string of the molecule is O=C(Cc1csc(-c2ccc(CN3CCOCC3)cc2)n1)Nc1ccccc1Br. The molecule has 2 aromatic carbocycles. The number of ether oxygens (including phenoxy) is 1. The molecule has 1 aliphatic rings. The van der Waals surface area contributed by atoms with E-state index in [0.717, 1.165) is 59.3 Å². The van der Waals surface area contributed by atoms with Gasteiger partial charge < -0.3 is 10.1 Å². The van der Waals surface area contributed by atoms with E-state index in [4.69, 9.17) is 4.74 Å². The fourth-order valence-electron chi connectivity index (χ4n) is 3.21. The minimum atomic E-state index is -0.0744. The molecule has 1 N–H and O–H groups in total. The Morgan fingerprint density at radius 1 is 1.14 bits per heavy atom. The fourth-order valence-corrected chi connectivity index (χ4v) is 4.42. The maximum atomic E-state index is 12.3. The molecule has 29 heavy (non-hydrogen) atoms. The molecule has 7 heteroatoms. The summed E-state index contributed by atoms with van der Waals surface area (Å²) in [6, 6.07) is 16.1. The van der Waals surface area contributed by atoms with Crippen LogP contribution in [0.15, 0.2) is 58.4 Å². The number of rotatable bonds is 6. The number of carbonyl (C=O) groups is 1. The van der Waals surface area contributed by atoms with Gasteiger partial charge in [0.05, 0.1) is 31.0 Å². The molecule has 4 rings (SSSR count). The van der Waals surface area contributed by atoms with Gasteiger partial charge in [0.15, 0.2) is 0 Å². The summed E-state index contributed by atoms with van der Waals surface area (Å²) in [4.78, 5) is 19.4. The summed E-state index contributed by atoms with van der Waals surface area (Å²) in [5, 5.41) is 5.81. The molecule has 1 aliphatic heterocycles. The van der Waals surface area contributed by atoms with Crippen molar-refractivity contribution in [1.82, 2.24) is 9.88 Å². The second kappa shape index (κ2) is 9.63. The number of amides is 1. The first-order valence-corrected chi connectivity index (χ1v) is 11.2. The molecule has 1 aromatic heterocycles. The Labute approximate surface area is 182 Å². The minimum Gasteiger partial charge on any atom is -0.379 e. The van der Waals surface area contributed by atoms with Gasteiger partial charge in [0.25, 0.3) is 0 Å². The van der Waals surface area contributed by atoms with E-state index >= 15 is 0 Å². The van der Waals surface area contributed by atoms with E-state index in [1.807, 2.05) is 29.6 Å². The summed E-state index contributed by atoms with van der Waals surface area (Å²) in [5.74, 6) is -0.0744. The number of hydrogen-bond acceptors (Lipinski definition) is 5. The number of hydrogen-bond donors (Lipinski definition) is 1. The zero-order valence-electron chi connectivity index (χ0n) is 15.9. The zero-order valence-corrected chi connectivity index (χ0v) is 18.3. The normalized spacial score (nSPS) is 14.7. The molecule has 2 heterocycles. The van der Waals surface area contributed by atoms with Crippen LogP contribution in [-0.2, 0) is 22.5 Å². The molecule has 0 bridgehead atoms. The van der Waals surface area contributed by atoms with Crippen molar-refractivity contribution in [2.75, 3.05) is 31.6 Å². The van der Waals surface area contributed by atoms with E-state index in [2.05, 4.69) is 55.4 Å². The maximum Gasteiger partial charge on any atom is 0.230 e. The van der Waals surface area contributed by atoms with Gasteiger partial charge in [-0.25, -0.2) is 4.98 Å². The van der Waals surface area contributed by atoms with E-state index in [1.54, 1.807) is 11.3 Å². The third kappa shape index (κ3) is 5.51. The number of thiazole rings is 1. The number of nitrogens with zero attached hydrogens (tertiary/aromatic N) is 2. The molecule has 0 aliphatic carbocycles. The lowest BCUT2D eigenvalue weighted by Crippen LogP contribution is -2.35. The highest BCUT2D eigenvalue weighted by atomic mass is 79.9. The molecule has 1 fully saturated rings. The van der Waals surface area contributed by atoms with Gasteiger partial charge in [0.2, 0.25) is 5.91 Å². The summed E-state index contributed by atoms with van der Waals surface area (Å²) in [6.45, 7) is 4.55. The van der Waals surface area contributed by atoms with Gasteiger partial charge in [-0.3, -0.25) is 9.69 Å². The highest BCUT2D eigenvalue weighted by Gasteiger charge is 2.12. The summed E-state index contributed by atoms with van der Waals surface area (Å²) in [7, 11) is 0. The molecular weight excluding hydrogens is 450 g/mol. The summed E-state index contributed by atoms with van der Waals surface area (Å²) in [6.07, 6.45) is 0.257. The third-order valence-electron chi connectivity index (χ3n) is 4.75. The van der Waals surface area contributed by atoms with Crippen molar-refractivity contribution >= 4 is 38.9 Å². The predicted octanol–water partition coefficient (Wildman–Crippen LogP) is 4.59. The van der Waals surface area contributed by atoms with Crippen LogP contribution in [0.2, 0.25) is 0 Å². The molecule has 0 radical (unpaired) electrons. The predicted molar refractivity (Wildman–Crippen MR) is 120 cm³/mol. The molecule has 3 aromatic rings. The minimum absolute atomic E-state index is 0.0744. The Hall–Kier alpha value is -2.06. The number of aromatic nitrogens is 1. The van der Waals surface area contributed by atoms with Crippen LogP contribution in [0.5, 0.6) is 0 Å². The van der Waals surface area contributed by atoms with E-state index in [1.165, 1.54) is 5.56 Å². The molecular formula is C22H22BrN3O2S. The number of nitrogens with one attached hydrogen (secondary N) is 1. The Bertz CT molecular complexity index is 968. The first kappa shape index (κ1) is 20.2. The van der Waals surface area contributed by atoms with Crippen molar-refractivity contribution in [3.63, 3.8) is 0 Å². The van der Waals surface area contributed by atoms with Gasteiger partial charge in [-0.2, -0.15) is 0 Å². The number of carbonyl (C=O) groups excluding carboxylic acids is 1. The maximum absolute atomic E-state index is 12.3. The van der Waals surface area contributed by atoms with Crippen LogP contribution >= 0.6 is 27.3 Å². The molecule has 0 unspecified atom stereocenters. The van der Waals surface area contributed by atoms with Crippen molar-refractivity contribution in [3.05, 3.63) is 69.6 Å². The number of benzene rings is 2. The van der Waals surface area contributed by atoms with Gasteiger partial charge in [-0.15, -0.1) is 11.3 Å². The Morgan fingerprint density at radius 3 is 2.66 bits per heavy atom. The van der Waals surface area contributed by atoms with E-state index in [0.29, 0.717) is 0 Å². The Morgan fingerprint density at radius 2 is 1.90 bits per heavy atom. The van der Waals surface area contributed by atoms with Gasteiger partial charge in [0.1, 0.15) is 5.01 Å². The number of halogens is 1. The molecule has 0 saturated carbocycles. The van der Waals surface area contributed by atoms with Crippen LogP contribution in [0, 0.1) is 0 Å². The number of para-hydroxylation sites is 1. The third-order valence-corrected chi connectivity index (χ3v) is 6.38. The zero-order chi connectivity index (χ0) is 20.1. The van der Waals surface area contributed by atoms with Gasteiger partial charge in [-0.05, 0) is 33.6 Å². The van der Waals surface area contributed by atoms with Crippen LogP contribution < -0.4 is 5.32 Å². The highest BCUT2D eigenvalue weighted by molar-refractivity contribution is 9.10. The molecule has 150 valence electrons. The molecule has 1 saturated heterocycles. The van der Waals surface area contributed by atoms with E-state index < -0.39 is 0 Å². The highest BCUT2D eigenvalue weighted by Crippen LogP contribution is 2.25.